The first-order valence-corrected chi connectivity index (χ1v) is 8.61. The van der Waals surface area contributed by atoms with E-state index in [1.165, 1.54) is 30.3 Å². The van der Waals surface area contributed by atoms with Gasteiger partial charge in [0, 0.05) is 18.5 Å². The van der Waals surface area contributed by atoms with Crippen molar-refractivity contribution in [2.24, 2.45) is 5.73 Å². The predicted molar refractivity (Wildman–Crippen MR) is 102 cm³/mol. The summed E-state index contributed by atoms with van der Waals surface area (Å²) in [5.41, 5.74) is 6.81. The molecule has 0 bridgehead atoms. The van der Waals surface area contributed by atoms with Gasteiger partial charge in [-0.2, -0.15) is 0 Å². The summed E-state index contributed by atoms with van der Waals surface area (Å²) in [7, 11) is 0. The molecule has 3 N–H and O–H groups in total. The highest BCUT2D eigenvalue weighted by Gasteiger charge is 2.20. The number of benzene rings is 2. The largest absolute Gasteiger partial charge is 0.481 e. The van der Waals surface area contributed by atoms with E-state index in [-0.39, 0.29) is 12.2 Å². The minimum absolute atomic E-state index is 0.0351. The second-order valence-electron chi connectivity index (χ2n) is 7.16. The van der Waals surface area contributed by atoms with Crippen LogP contribution in [0.2, 0.25) is 0 Å². The lowest BCUT2D eigenvalue weighted by Crippen LogP contribution is -2.26. The first-order chi connectivity index (χ1) is 12.9. The molecule has 0 spiro atoms. The molecule has 0 unspecified atom stereocenters. The number of ether oxygens (including phenoxy) is 1. The van der Waals surface area contributed by atoms with Crippen molar-refractivity contribution in [3.8, 4) is 11.1 Å². The number of carboxylic acid groups (broad SMARTS) is 1. The highest BCUT2D eigenvalue weighted by Crippen LogP contribution is 2.26. The average Bonchev–Trinajstić information content (AvgIpc) is 2.53. The van der Waals surface area contributed by atoms with Crippen molar-refractivity contribution in [3.05, 3.63) is 59.7 Å². The topological polar surface area (TPSA) is 89.6 Å². The number of rotatable bonds is 4. The average molecular weight is 393 g/mol. The molecular formula is C21H25F2NO4. The van der Waals surface area contributed by atoms with E-state index >= 15 is 0 Å². The van der Waals surface area contributed by atoms with E-state index in [9.17, 15) is 13.6 Å². The summed E-state index contributed by atoms with van der Waals surface area (Å²) in [5, 5.41) is 7.42. The Balaban J connectivity index is 0.000000892. The molecule has 0 aliphatic rings. The number of carbonyl (C=O) groups is 2. The molecule has 0 heterocycles. The van der Waals surface area contributed by atoms with E-state index in [2.05, 4.69) is 0 Å². The Morgan fingerprint density at radius 2 is 1.64 bits per heavy atom. The Morgan fingerprint density at radius 1 is 1.11 bits per heavy atom. The lowest BCUT2D eigenvalue weighted by Gasteiger charge is -2.21. The molecular weight excluding hydrogens is 368 g/mol. The van der Waals surface area contributed by atoms with Crippen LogP contribution >= 0.6 is 0 Å². The van der Waals surface area contributed by atoms with Crippen LogP contribution in [0.15, 0.2) is 42.5 Å². The van der Waals surface area contributed by atoms with Gasteiger partial charge in [-0.25, -0.2) is 8.78 Å². The fraction of sp³-hybridized carbons (Fsp3) is 0.333. The van der Waals surface area contributed by atoms with Gasteiger partial charge >= 0.3 is 5.97 Å². The van der Waals surface area contributed by atoms with Crippen LogP contribution in [0.5, 0.6) is 0 Å². The van der Waals surface area contributed by atoms with E-state index in [4.69, 9.17) is 20.4 Å². The van der Waals surface area contributed by atoms with Gasteiger partial charge in [-0.1, -0.05) is 24.3 Å². The summed E-state index contributed by atoms with van der Waals surface area (Å²) in [6.07, 6.45) is -0.0351. The molecule has 7 heteroatoms. The van der Waals surface area contributed by atoms with Crippen molar-refractivity contribution < 1.29 is 28.2 Å². The minimum atomic E-state index is -0.833. The van der Waals surface area contributed by atoms with Gasteiger partial charge in [0.25, 0.3) is 5.97 Å². The Morgan fingerprint density at radius 3 is 2.11 bits per heavy atom. The third-order valence-electron chi connectivity index (χ3n) is 3.38. The van der Waals surface area contributed by atoms with Gasteiger partial charge in [0.1, 0.15) is 17.2 Å². The number of hydrogen-bond acceptors (Lipinski definition) is 4. The molecule has 2 aromatic rings. The second-order valence-corrected chi connectivity index (χ2v) is 7.16. The summed E-state index contributed by atoms with van der Waals surface area (Å²) in [5.74, 6) is -2.12. The summed E-state index contributed by atoms with van der Waals surface area (Å²) in [4.78, 5) is 20.8. The zero-order valence-electron chi connectivity index (χ0n) is 16.3. The molecule has 28 heavy (non-hydrogen) atoms. The zero-order valence-corrected chi connectivity index (χ0v) is 16.3. The van der Waals surface area contributed by atoms with Gasteiger partial charge in [0.15, 0.2) is 0 Å². The molecule has 2 rings (SSSR count). The molecule has 0 radical (unpaired) electrons. The van der Waals surface area contributed by atoms with Crippen LogP contribution in [-0.2, 0) is 14.3 Å². The fourth-order valence-corrected chi connectivity index (χ4v) is 2.31. The van der Waals surface area contributed by atoms with Gasteiger partial charge < -0.3 is 15.6 Å². The predicted octanol–water partition coefficient (Wildman–Crippen LogP) is 4.45. The standard InChI is InChI=1S/C19H21F2NO2.C2H4O2/c1-19(2,3)24-18(23)11-17(22)13-6-9-15(16(21)10-13)12-4-7-14(20)8-5-12;1-2(3)4/h4-10,17H,11,22H2,1-3H3;1H3,(H,3,4)/t17-;/m0./s1. The van der Waals surface area contributed by atoms with Gasteiger partial charge in [-0.3, -0.25) is 9.59 Å². The van der Waals surface area contributed by atoms with Gasteiger partial charge in [0.2, 0.25) is 0 Å². The maximum absolute atomic E-state index is 14.3. The number of aliphatic carboxylic acids is 1. The van der Waals surface area contributed by atoms with E-state index < -0.39 is 29.4 Å². The third-order valence-corrected chi connectivity index (χ3v) is 3.38. The smallest absolute Gasteiger partial charge is 0.308 e. The summed E-state index contributed by atoms with van der Waals surface area (Å²) in [6, 6.07) is 9.45. The fourth-order valence-electron chi connectivity index (χ4n) is 2.31. The lowest BCUT2D eigenvalue weighted by molar-refractivity contribution is -0.155. The van der Waals surface area contributed by atoms with E-state index in [0.717, 1.165) is 6.92 Å². The molecule has 5 nitrogen and oxygen atoms in total. The lowest BCUT2D eigenvalue weighted by atomic mass is 9.99. The van der Waals surface area contributed by atoms with Crippen molar-refractivity contribution in [2.75, 3.05) is 0 Å². The number of nitrogens with two attached hydrogens (primary N) is 1. The summed E-state index contributed by atoms with van der Waals surface area (Å²) < 4.78 is 32.5. The summed E-state index contributed by atoms with van der Waals surface area (Å²) in [6.45, 7) is 6.40. The van der Waals surface area contributed by atoms with E-state index in [0.29, 0.717) is 16.7 Å². The molecule has 0 saturated carbocycles. The maximum atomic E-state index is 14.3. The maximum Gasteiger partial charge on any atom is 0.308 e. The first-order valence-electron chi connectivity index (χ1n) is 8.61. The molecule has 0 saturated heterocycles. The van der Waals surface area contributed by atoms with Crippen LogP contribution < -0.4 is 5.73 Å². The van der Waals surface area contributed by atoms with E-state index in [1.54, 1.807) is 32.9 Å². The molecule has 0 aliphatic heterocycles. The van der Waals surface area contributed by atoms with Gasteiger partial charge in [-0.05, 0) is 50.1 Å². The normalized spacial score (nSPS) is 11.8. The van der Waals surface area contributed by atoms with E-state index in [1.807, 2.05) is 0 Å². The zero-order chi connectivity index (χ0) is 21.5. The van der Waals surface area contributed by atoms with Gasteiger partial charge in [0.05, 0.1) is 6.42 Å². The third kappa shape index (κ3) is 8.26. The Kier molecular flexibility index (Phi) is 8.25. The minimum Gasteiger partial charge on any atom is -0.481 e. The van der Waals surface area contributed by atoms with Crippen LogP contribution in [0.1, 0.15) is 45.7 Å². The van der Waals surface area contributed by atoms with Crippen molar-refractivity contribution >= 4 is 11.9 Å². The first kappa shape index (κ1) is 23.2. The van der Waals surface area contributed by atoms with Crippen LogP contribution in [0.4, 0.5) is 8.78 Å². The number of carbonyl (C=O) groups excluding carboxylic acids is 1. The van der Waals surface area contributed by atoms with Crippen molar-refractivity contribution in [1.82, 2.24) is 0 Å². The summed E-state index contributed by atoms with van der Waals surface area (Å²) >= 11 is 0. The SMILES string of the molecule is CC(=O)O.CC(C)(C)OC(=O)C[C@H](N)c1ccc(-c2ccc(F)cc2)c(F)c1. The molecule has 0 aliphatic carbocycles. The number of esters is 1. The molecule has 152 valence electrons. The Hall–Kier alpha value is -2.80. The van der Waals surface area contributed by atoms with Crippen LogP contribution in [-0.4, -0.2) is 22.6 Å². The number of halogens is 2. The van der Waals surface area contributed by atoms with Crippen LogP contribution in [0.25, 0.3) is 11.1 Å². The number of carboxylic acids is 1. The van der Waals surface area contributed by atoms with Gasteiger partial charge in [-0.15, -0.1) is 0 Å². The monoisotopic (exact) mass is 393 g/mol. The highest BCUT2D eigenvalue weighted by molar-refractivity contribution is 5.71. The molecule has 0 fully saturated rings. The second kappa shape index (κ2) is 9.94. The number of hydrogen-bond donors (Lipinski definition) is 2. The van der Waals surface area contributed by atoms with Crippen LogP contribution in [0, 0.1) is 11.6 Å². The van der Waals surface area contributed by atoms with Crippen molar-refractivity contribution in [3.63, 3.8) is 0 Å². The molecule has 1 atom stereocenters. The molecule has 0 aromatic heterocycles. The highest BCUT2D eigenvalue weighted by atomic mass is 19.1. The van der Waals surface area contributed by atoms with Crippen LogP contribution in [0.3, 0.4) is 0 Å². The van der Waals surface area contributed by atoms with Crippen molar-refractivity contribution in [1.29, 1.82) is 0 Å². The Labute approximate surface area is 163 Å². The molecule has 2 aromatic carbocycles. The van der Waals surface area contributed by atoms with Crippen molar-refractivity contribution in [2.45, 2.75) is 45.8 Å². The quantitative estimate of drug-likeness (QED) is 0.749. The Bertz CT molecular complexity index is 810. The molecule has 0 amide bonds.